The second-order valence-corrected chi connectivity index (χ2v) is 6.78. The van der Waals surface area contributed by atoms with E-state index in [2.05, 4.69) is 61.9 Å². The van der Waals surface area contributed by atoms with Crippen molar-refractivity contribution in [2.45, 2.75) is 26.2 Å². The molecular formula is C19H28N6O. The number of benzene rings is 1. The van der Waals surface area contributed by atoms with Crippen LogP contribution in [0.3, 0.4) is 0 Å². The second-order valence-electron chi connectivity index (χ2n) is 6.78. The van der Waals surface area contributed by atoms with Gasteiger partial charge in [-0.1, -0.05) is 6.92 Å². The van der Waals surface area contributed by atoms with Crippen LogP contribution in [0.4, 0.5) is 23.1 Å². The third-order valence-electron chi connectivity index (χ3n) is 4.66. The van der Waals surface area contributed by atoms with Crippen LogP contribution in [0.1, 0.15) is 26.2 Å². The van der Waals surface area contributed by atoms with Crippen LogP contribution in [0.25, 0.3) is 0 Å². The minimum Gasteiger partial charge on any atom is -0.385 e. The summed E-state index contributed by atoms with van der Waals surface area (Å²) in [5.74, 6) is 2.04. The summed E-state index contributed by atoms with van der Waals surface area (Å²) in [6.07, 6.45) is 5.06. The van der Waals surface area contributed by atoms with Crippen LogP contribution >= 0.6 is 0 Å². The van der Waals surface area contributed by atoms with Gasteiger partial charge in [-0.3, -0.25) is 0 Å². The average Bonchev–Trinajstić information content (AvgIpc) is 2.67. The van der Waals surface area contributed by atoms with Crippen molar-refractivity contribution >= 4 is 23.1 Å². The normalized spacial score (nSPS) is 15.1. The largest absolute Gasteiger partial charge is 0.385 e. The molecule has 0 radical (unpaired) electrons. The van der Waals surface area contributed by atoms with Crippen LogP contribution in [-0.4, -0.2) is 48.5 Å². The highest BCUT2D eigenvalue weighted by molar-refractivity contribution is 5.60. The van der Waals surface area contributed by atoms with E-state index in [1.165, 1.54) is 18.5 Å². The molecule has 1 aliphatic rings. The molecule has 0 unspecified atom stereocenters. The van der Waals surface area contributed by atoms with Gasteiger partial charge in [-0.25, -0.2) is 0 Å². The van der Waals surface area contributed by atoms with Crippen molar-refractivity contribution < 1.29 is 4.74 Å². The first-order chi connectivity index (χ1) is 12.7. The van der Waals surface area contributed by atoms with Gasteiger partial charge in [-0.2, -0.15) is 10.1 Å². The van der Waals surface area contributed by atoms with Gasteiger partial charge in [-0.05, 0) is 49.4 Å². The Balaban J connectivity index is 1.55. The lowest BCUT2D eigenvalue weighted by Crippen LogP contribution is -2.32. The first-order valence-electron chi connectivity index (χ1n) is 9.29. The van der Waals surface area contributed by atoms with Crippen LogP contribution in [0.2, 0.25) is 0 Å². The fraction of sp³-hybridized carbons (Fsp3) is 0.526. The fourth-order valence-corrected chi connectivity index (χ4v) is 3.03. The number of nitrogens with zero attached hydrogens (tertiary/aromatic N) is 4. The van der Waals surface area contributed by atoms with Gasteiger partial charge in [-0.15, -0.1) is 5.10 Å². The number of hydrogen-bond acceptors (Lipinski definition) is 7. The molecule has 7 nitrogen and oxygen atoms in total. The van der Waals surface area contributed by atoms with E-state index < -0.39 is 0 Å². The average molecular weight is 356 g/mol. The highest BCUT2D eigenvalue weighted by Crippen LogP contribution is 2.25. The zero-order valence-corrected chi connectivity index (χ0v) is 15.6. The van der Waals surface area contributed by atoms with Crippen LogP contribution in [0.15, 0.2) is 30.5 Å². The van der Waals surface area contributed by atoms with E-state index in [0.29, 0.717) is 18.4 Å². The molecule has 1 aromatic heterocycles. The molecule has 0 atom stereocenters. The number of ether oxygens (including phenoxy) is 1. The maximum Gasteiger partial charge on any atom is 0.244 e. The van der Waals surface area contributed by atoms with E-state index in [1.807, 2.05) is 0 Å². The molecule has 1 aliphatic heterocycles. The maximum absolute atomic E-state index is 5.03. The molecule has 0 amide bonds. The monoisotopic (exact) mass is 356 g/mol. The molecule has 26 heavy (non-hydrogen) atoms. The van der Waals surface area contributed by atoms with Gasteiger partial charge >= 0.3 is 0 Å². The van der Waals surface area contributed by atoms with Crippen molar-refractivity contribution in [1.29, 1.82) is 0 Å². The van der Waals surface area contributed by atoms with Gasteiger partial charge in [0.1, 0.15) is 0 Å². The number of rotatable bonds is 8. The predicted octanol–water partition coefficient (Wildman–Crippen LogP) is 3.30. The Morgan fingerprint density at radius 3 is 2.69 bits per heavy atom. The molecule has 7 heteroatoms. The van der Waals surface area contributed by atoms with Crippen molar-refractivity contribution in [1.82, 2.24) is 15.2 Å². The minimum atomic E-state index is 0.519. The highest BCUT2D eigenvalue weighted by atomic mass is 16.5. The Kier molecular flexibility index (Phi) is 6.60. The van der Waals surface area contributed by atoms with Crippen molar-refractivity contribution in [2.75, 3.05) is 48.9 Å². The quantitative estimate of drug-likeness (QED) is 0.703. The first kappa shape index (κ1) is 18.4. The van der Waals surface area contributed by atoms with E-state index in [1.54, 1.807) is 13.3 Å². The summed E-state index contributed by atoms with van der Waals surface area (Å²) in [7, 11) is 1.69. The molecular weight excluding hydrogens is 328 g/mol. The lowest BCUT2D eigenvalue weighted by atomic mass is 9.99. The van der Waals surface area contributed by atoms with Gasteiger partial charge < -0.3 is 20.3 Å². The van der Waals surface area contributed by atoms with E-state index in [-0.39, 0.29) is 0 Å². The Hall–Kier alpha value is -2.41. The van der Waals surface area contributed by atoms with Crippen LogP contribution in [-0.2, 0) is 4.74 Å². The zero-order chi connectivity index (χ0) is 18.2. The van der Waals surface area contributed by atoms with Gasteiger partial charge in [0.2, 0.25) is 5.95 Å². The molecule has 2 N–H and O–H groups in total. The second kappa shape index (κ2) is 9.33. The summed E-state index contributed by atoms with van der Waals surface area (Å²) < 4.78 is 5.03. The van der Waals surface area contributed by atoms with Crippen molar-refractivity contribution in [2.24, 2.45) is 5.92 Å². The smallest absolute Gasteiger partial charge is 0.244 e. The van der Waals surface area contributed by atoms with Gasteiger partial charge in [0, 0.05) is 44.7 Å². The van der Waals surface area contributed by atoms with Gasteiger partial charge in [0.25, 0.3) is 0 Å². The Labute approximate surface area is 155 Å². The van der Waals surface area contributed by atoms with Crippen LogP contribution < -0.4 is 15.5 Å². The standard InChI is InChI=1S/C19H28N6O/c1-15-8-11-25(12-9-15)17-6-4-16(5-7-17)22-18-14-21-24-19(23-18)20-10-3-13-26-2/h4-7,14-15H,3,8-13H2,1-2H3,(H2,20,22,23,24). The summed E-state index contributed by atoms with van der Waals surface area (Å²) >= 11 is 0. The molecule has 0 aliphatic carbocycles. The molecule has 140 valence electrons. The third-order valence-corrected chi connectivity index (χ3v) is 4.66. The molecule has 3 rings (SSSR count). The fourth-order valence-electron chi connectivity index (χ4n) is 3.03. The molecule has 0 saturated carbocycles. The lowest BCUT2D eigenvalue weighted by Gasteiger charge is -2.32. The Morgan fingerprint density at radius 1 is 1.19 bits per heavy atom. The minimum absolute atomic E-state index is 0.519. The van der Waals surface area contributed by atoms with Gasteiger partial charge in [0.15, 0.2) is 5.82 Å². The van der Waals surface area contributed by atoms with Crippen molar-refractivity contribution in [3.8, 4) is 0 Å². The summed E-state index contributed by atoms with van der Waals surface area (Å²) in [6, 6.07) is 8.50. The SMILES string of the molecule is COCCCNc1nncc(Nc2ccc(N3CCC(C)CC3)cc2)n1. The summed E-state index contributed by atoms with van der Waals surface area (Å²) in [5.41, 5.74) is 2.27. The number of anilines is 4. The lowest BCUT2D eigenvalue weighted by molar-refractivity contribution is 0.197. The van der Waals surface area contributed by atoms with Gasteiger partial charge in [0.05, 0.1) is 6.20 Å². The molecule has 1 saturated heterocycles. The molecule has 2 heterocycles. The maximum atomic E-state index is 5.03. The Bertz CT molecular complexity index is 670. The molecule has 1 aromatic carbocycles. The topological polar surface area (TPSA) is 75.2 Å². The van der Waals surface area contributed by atoms with Crippen LogP contribution in [0, 0.1) is 5.92 Å². The summed E-state index contributed by atoms with van der Waals surface area (Å²) in [4.78, 5) is 6.90. The number of nitrogens with one attached hydrogen (secondary N) is 2. The highest BCUT2D eigenvalue weighted by Gasteiger charge is 2.15. The Morgan fingerprint density at radius 2 is 1.96 bits per heavy atom. The summed E-state index contributed by atoms with van der Waals surface area (Å²) in [5, 5.41) is 14.4. The number of methoxy groups -OCH3 is 1. The molecule has 1 fully saturated rings. The van der Waals surface area contributed by atoms with E-state index in [0.717, 1.165) is 37.7 Å². The number of piperidine rings is 1. The van der Waals surface area contributed by atoms with E-state index in [9.17, 15) is 0 Å². The number of aromatic nitrogens is 3. The van der Waals surface area contributed by atoms with E-state index in [4.69, 9.17) is 4.74 Å². The van der Waals surface area contributed by atoms with E-state index >= 15 is 0 Å². The number of hydrogen-bond donors (Lipinski definition) is 2. The molecule has 2 aromatic rings. The molecule has 0 spiro atoms. The summed E-state index contributed by atoms with van der Waals surface area (Å²) in [6.45, 7) is 6.08. The zero-order valence-electron chi connectivity index (χ0n) is 15.6. The molecule has 0 bridgehead atoms. The first-order valence-corrected chi connectivity index (χ1v) is 9.29. The van der Waals surface area contributed by atoms with Crippen LogP contribution in [0.5, 0.6) is 0 Å². The predicted molar refractivity (Wildman–Crippen MR) is 105 cm³/mol. The third kappa shape index (κ3) is 5.29. The van der Waals surface area contributed by atoms with Crippen molar-refractivity contribution in [3.05, 3.63) is 30.5 Å². The van der Waals surface area contributed by atoms with Crippen molar-refractivity contribution in [3.63, 3.8) is 0 Å².